The molecule has 0 fully saturated rings. The number of fused-ring (bicyclic) bond motifs is 1. The Morgan fingerprint density at radius 2 is 2.10 bits per heavy atom. The van der Waals surface area contributed by atoms with Crippen molar-refractivity contribution >= 4 is 44.6 Å². The Bertz CT molecular complexity index is 800. The molecule has 3 aromatic rings. The van der Waals surface area contributed by atoms with Crippen molar-refractivity contribution in [3.05, 3.63) is 53.4 Å². The summed E-state index contributed by atoms with van der Waals surface area (Å²) in [5.41, 5.74) is 2.56. The lowest BCUT2D eigenvalue weighted by Crippen LogP contribution is -1.94. The van der Waals surface area contributed by atoms with Crippen molar-refractivity contribution in [3.8, 4) is 6.07 Å². The van der Waals surface area contributed by atoms with Crippen molar-refractivity contribution in [2.75, 3.05) is 11.6 Å². The van der Waals surface area contributed by atoms with Gasteiger partial charge >= 0.3 is 0 Å². The molecular weight excluding hydrogens is 284 g/mol. The van der Waals surface area contributed by atoms with Crippen molar-refractivity contribution in [2.45, 2.75) is 4.90 Å². The van der Waals surface area contributed by atoms with Crippen LogP contribution in [-0.4, -0.2) is 6.26 Å². The van der Waals surface area contributed by atoms with Gasteiger partial charge in [0.1, 0.15) is 6.07 Å². The van der Waals surface area contributed by atoms with Gasteiger partial charge in [0, 0.05) is 15.3 Å². The molecule has 4 heteroatoms. The van der Waals surface area contributed by atoms with Crippen molar-refractivity contribution < 1.29 is 0 Å². The second-order valence-corrected chi connectivity index (χ2v) is 6.09. The van der Waals surface area contributed by atoms with E-state index in [9.17, 15) is 5.26 Å². The van der Waals surface area contributed by atoms with E-state index in [2.05, 4.69) is 35.0 Å². The third kappa shape index (κ3) is 2.38. The minimum atomic E-state index is 0.699. The average Bonchev–Trinajstić information content (AvgIpc) is 2.94. The first kappa shape index (κ1) is 13.0. The fourth-order valence-electron chi connectivity index (χ4n) is 2.12. The Balaban J connectivity index is 2.00. The molecule has 2 aromatic carbocycles. The average molecular weight is 296 g/mol. The predicted molar refractivity (Wildman–Crippen MR) is 88.0 cm³/mol. The van der Waals surface area contributed by atoms with E-state index in [1.54, 1.807) is 23.1 Å². The summed E-state index contributed by atoms with van der Waals surface area (Å²) in [6.07, 6.45) is 1.98. The minimum Gasteiger partial charge on any atom is -0.354 e. The molecule has 0 aliphatic heterocycles. The molecule has 0 bridgehead atoms. The van der Waals surface area contributed by atoms with Gasteiger partial charge in [-0.05, 0) is 53.4 Å². The van der Waals surface area contributed by atoms with Crippen LogP contribution >= 0.6 is 23.1 Å². The van der Waals surface area contributed by atoms with Crippen LogP contribution in [0.25, 0.3) is 10.1 Å². The van der Waals surface area contributed by atoms with E-state index >= 15 is 0 Å². The van der Waals surface area contributed by atoms with Crippen LogP contribution in [0.3, 0.4) is 0 Å². The van der Waals surface area contributed by atoms with Crippen molar-refractivity contribution in [3.63, 3.8) is 0 Å². The normalized spacial score (nSPS) is 10.4. The van der Waals surface area contributed by atoms with Crippen LogP contribution in [0.15, 0.2) is 52.7 Å². The largest absolute Gasteiger partial charge is 0.354 e. The number of nitrogens with zero attached hydrogens (tertiary/aromatic N) is 1. The summed E-state index contributed by atoms with van der Waals surface area (Å²) in [5.74, 6) is 0. The fraction of sp³-hybridized carbons (Fsp3) is 0.0625. The van der Waals surface area contributed by atoms with E-state index in [0.717, 1.165) is 16.3 Å². The van der Waals surface area contributed by atoms with Gasteiger partial charge in [0.2, 0.25) is 0 Å². The number of nitriles is 1. The Morgan fingerprint density at radius 1 is 1.20 bits per heavy atom. The zero-order chi connectivity index (χ0) is 13.9. The molecule has 1 N–H and O–H groups in total. The molecule has 3 rings (SSSR count). The first-order chi connectivity index (χ1) is 9.81. The summed E-state index contributed by atoms with van der Waals surface area (Å²) >= 11 is 3.32. The molecule has 0 unspecified atom stereocenters. The highest BCUT2D eigenvalue weighted by Crippen LogP contribution is 2.30. The molecule has 98 valence electrons. The summed E-state index contributed by atoms with van der Waals surface area (Å²) in [4.78, 5) is 0.995. The maximum Gasteiger partial charge on any atom is 0.103 e. The van der Waals surface area contributed by atoms with E-state index in [1.165, 1.54) is 10.1 Å². The van der Waals surface area contributed by atoms with E-state index < -0.39 is 0 Å². The van der Waals surface area contributed by atoms with E-state index in [0.29, 0.717) is 5.56 Å². The zero-order valence-electron chi connectivity index (χ0n) is 10.9. The van der Waals surface area contributed by atoms with Crippen LogP contribution in [0.5, 0.6) is 0 Å². The molecule has 0 atom stereocenters. The van der Waals surface area contributed by atoms with Gasteiger partial charge in [0.15, 0.2) is 0 Å². The van der Waals surface area contributed by atoms with Crippen LogP contribution in [0.1, 0.15) is 5.56 Å². The monoisotopic (exact) mass is 296 g/mol. The third-order valence-electron chi connectivity index (χ3n) is 3.09. The topological polar surface area (TPSA) is 35.8 Å². The summed E-state index contributed by atoms with van der Waals surface area (Å²) in [7, 11) is 0. The van der Waals surface area contributed by atoms with Gasteiger partial charge < -0.3 is 5.32 Å². The van der Waals surface area contributed by atoms with E-state index in [4.69, 9.17) is 0 Å². The van der Waals surface area contributed by atoms with Crippen LogP contribution in [0, 0.1) is 11.3 Å². The van der Waals surface area contributed by atoms with Gasteiger partial charge in [0.05, 0.1) is 11.3 Å². The van der Waals surface area contributed by atoms with Crippen LogP contribution in [0.2, 0.25) is 0 Å². The maximum absolute atomic E-state index is 9.35. The van der Waals surface area contributed by atoms with Gasteiger partial charge in [-0.15, -0.1) is 23.1 Å². The number of rotatable bonds is 3. The SMILES string of the molecule is CSc1cccc(Nc2ccc3sccc3c2)c1C#N. The molecule has 2 nitrogen and oxygen atoms in total. The lowest BCUT2D eigenvalue weighted by Gasteiger charge is -2.10. The number of thiophene rings is 1. The Labute approximate surface area is 126 Å². The van der Waals surface area contributed by atoms with Gasteiger partial charge in [-0.1, -0.05) is 6.07 Å². The highest BCUT2D eigenvalue weighted by Gasteiger charge is 2.07. The second-order valence-electron chi connectivity index (χ2n) is 4.29. The highest BCUT2D eigenvalue weighted by molar-refractivity contribution is 7.98. The molecule has 0 saturated heterocycles. The van der Waals surface area contributed by atoms with Crippen LogP contribution < -0.4 is 5.32 Å². The van der Waals surface area contributed by atoms with Gasteiger partial charge in [0.25, 0.3) is 0 Å². The molecule has 0 aliphatic carbocycles. The van der Waals surface area contributed by atoms with Crippen molar-refractivity contribution in [1.29, 1.82) is 5.26 Å². The Hall–Kier alpha value is -1.96. The number of hydrogen-bond donors (Lipinski definition) is 1. The van der Waals surface area contributed by atoms with Gasteiger partial charge in [-0.25, -0.2) is 0 Å². The van der Waals surface area contributed by atoms with Gasteiger partial charge in [-0.2, -0.15) is 5.26 Å². The fourth-order valence-corrected chi connectivity index (χ4v) is 3.47. The molecular formula is C16H12N2S2. The molecule has 0 radical (unpaired) electrons. The first-order valence-corrected chi connectivity index (χ1v) is 8.23. The summed E-state index contributed by atoms with van der Waals surface area (Å²) < 4.78 is 1.27. The zero-order valence-corrected chi connectivity index (χ0v) is 12.5. The lowest BCUT2D eigenvalue weighted by molar-refractivity contribution is 1.36. The van der Waals surface area contributed by atoms with Crippen molar-refractivity contribution in [2.24, 2.45) is 0 Å². The smallest absolute Gasteiger partial charge is 0.103 e. The Morgan fingerprint density at radius 3 is 2.90 bits per heavy atom. The molecule has 1 aromatic heterocycles. The van der Waals surface area contributed by atoms with Crippen LogP contribution in [-0.2, 0) is 0 Å². The maximum atomic E-state index is 9.35. The predicted octanol–water partition coefficient (Wildman–Crippen LogP) is 5.24. The number of hydrogen-bond acceptors (Lipinski definition) is 4. The van der Waals surface area contributed by atoms with E-state index in [-0.39, 0.29) is 0 Å². The second kappa shape index (κ2) is 5.58. The van der Waals surface area contributed by atoms with Gasteiger partial charge in [-0.3, -0.25) is 0 Å². The lowest BCUT2D eigenvalue weighted by atomic mass is 10.1. The first-order valence-electron chi connectivity index (χ1n) is 6.13. The molecule has 1 heterocycles. The standard InChI is InChI=1S/C16H12N2S2/c1-19-16-4-2-3-14(13(16)10-17)18-12-5-6-15-11(9-12)7-8-20-15/h2-9,18H,1H3. The minimum absolute atomic E-state index is 0.699. The molecule has 0 saturated carbocycles. The number of benzene rings is 2. The number of thioether (sulfide) groups is 1. The number of nitrogens with one attached hydrogen (secondary N) is 1. The van der Waals surface area contributed by atoms with E-state index in [1.807, 2.05) is 30.5 Å². The molecule has 20 heavy (non-hydrogen) atoms. The highest BCUT2D eigenvalue weighted by atomic mass is 32.2. The summed E-state index contributed by atoms with van der Waals surface area (Å²) in [6.45, 7) is 0. The third-order valence-corrected chi connectivity index (χ3v) is 4.77. The summed E-state index contributed by atoms with van der Waals surface area (Å²) in [6, 6.07) is 16.5. The quantitative estimate of drug-likeness (QED) is 0.671. The summed E-state index contributed by atoms with van der Waals surface area (Å²) in [5, 5.41) is 16.0. The molecule has 0 aliphatic rings. The molecule has 0 amide bonds. The Kier molecular flexibility index (Phi) is 3.64. The van der Waals surface area contributed by atoms with Crippen molar-refractivity contribution in [1.82, 2.24) is 0 Å². The number of anilines is 2. The van der Waals surface area contributed by atoms with Crippen LogP contribution in [0.4, 0.5) is 11.4 Å². The molecule has 0 spiro atoms.